The Morgan fingerprint density at radius 1 is 1.43 bits per heavy atom. The molecule has 0 N–H and O–H groups in total. The number of fused-ring (bicyclic) bond motifs is 1. The average molecular weight is 427 g/mol. The molecule has 0 aliphatic rings. The maximum absolute atomic E-state index is 13.9. The Kier molecular flexibility index (Phi) is 5.81. The van der Waals surface area contributed by atoms with Crippen LogP contribution in [0, 0.1) is 9.39 Å². The first-order valence-electron chi connectivity index (χ1n) is 6.48. The summed E-state index contributed by atoms with van der Waals surface area (Å²) in [6, 6.07) is 3.22. The molecule has 4 nitrogen and oxygen atoms in total. The molecule has 1 aromatic heterocycles. The molecule has 0 fully saturated rings. The number of hydrogen-bond donors (Lipinski definition) is 0. The standard InChI is InChI=1S/C14H17ClFIN2O2/c1-8(15)14-18-12-5-11(17)10(16)4-13(12)19(14)6-9(21-3)7-20-2/h4-5,8-9H,6-7H2,1-3H3. The minimum Gasteiger partial charge on any atom is -0.382 e. The summed E-state index contributed by atoms with van der Waals surface area (Å²) >= 11 is 8.17. The fourth-order valence-electron chi connectivity index (χ4n) is 2.22. The van der Waals surface area contributed by atoms with Gasteiger partial charge in [0.1, 0.15) is 11.6 Å². The van der Waals surface area contributed by atoms with Gasteiger partial charge in [-0.2, -0.15) is 0 Å². The first-order valence-corrected chi connectivity index (χ1v) is 8.00. The van der Waals surface area contributed by atoms with E-state index >= 15 is 0 Å². The summed E-state index contributed by atoms with van der Waals surface area (Å²) in [5.41, 5.74) is 1.45. The highest BCUT2D eigenvalue weighted by Crippen LogP contribution is 2.27. The maximum Gasteiger partial charge on any atom is 0.138 e. The lowest BCUT2D eigenvalue weighted by Gasteiger charge is -2.18. The first kappa shape index (κ1) is 16.9. The number of benzene rings is 1. The minimum atomic E-state index is -0.279. The van der Waals surface area contributed by atoms with E-state index in [2.05, 4.69) is 4.98 Å². The van der Waals surface area contributed by atoms with Crippen LogP contribution in [0.4, 0.5) is 4.39 Å². The van der Waals surface area contributed by atoms with Gasteiger partial charge in [0.2, 0.25) is 0 Å². The fraction of sp³-hybridized carbons (Fsp3) is 0.500. The predicted molar refractivity (Wildman–Crippen MR) is 89.3 cm³/mol. The van der Waals surface area contributed by atoms with Gasteiger partial charge in [-0.1, -0.05) is 0 Å². The van der Waals surface area contributed by atoms with Crippen molar-refractivity contribution in [2.24, 2.45) is 0 Å². The molecule has 0 radical (unpaired) electrons. The SMILES string of the molecule is COCC(Cn1c(C(C)Cl)nc2cc(I)c(F)cc21)OC. The largest absolute Gasteiger partial charge is 0.382 e. The Bertz CT molecular complexity index is 633. The van der Waals surface area contributed by atoms with E-state index in [0.717, 1.165) is 5.52 Å². The third kappa shape index (κ3) is 3.67. The molecular formula is C14H17ClFIN2O2. The van der Waals surface area contributed by atoms with Crippen LogP contribution < -0.4 is 0 Å². The molecule has 2 atom stereocenters. The summed E-state index contributed by atoms with van der Waals surface area (Å²) in [6.45, 7) is 2.80. The molecule has 0 aliphatic heterocycles. The van der Waals surface area contributed by atoms with Crippen molar-refractivity contribution in [3.8, 4) is 0 Å². The highest BCUT2D eigenvalue weighted by atomic mass is 127. The van der Waals surface area contributed by atoms with Gasteiger partial charge < -0.3 is 14.0 Å². The summed E-state index contributed by atoms with van der Waals surface area (Å²) < 4.78 is 26.8. The van der Waals surface area contributed by atoms with Crippen molar-refractivity contribution in [1.29, 1.82) is 0 Å². The van der Waals surface area contributed by atoms with Crippen LogP contribution in [0.5, 0.6) is 0 Å². The molecule has 21 heavy (non-hydrogen) atoms. The van der Waals surface area contributed by atoms with E-state index in [9.17, 15) is 4.39 Å². The van der Waals surface area contributed by atoms with Crippen LogP contribution in [-0.2, 0) is 16.0 Å². The zero-order valence-electron chi connectivity index (χ0n) is 12.1. The summed E-state index contributed by atoms with van der Waals surface area (Å²) in [4.78, 5) is 4.52. The lowest BCUT2D eigenvalue weighted by molar-refractivity contribution is 0.0185. The van der Waals surface area contributed by atoms with Crippen LogP contribution in [0.1, 0.15) is 18.1 Å². The number of rotatable bonds is 6. The zero-order valence-corrected chi connectivity index (χ0v) is 15.0. The molecule has 0 saturated carbocycles. The second kappa shape index (κ2) is 7.21. The average Bonchev–Trinajstić information content (AvgIpc) is 2.77. The van der Waals surface area contributed by atoms with Crippen molar-refractivity contribution < 1.29 is 13.9 Å². The molecule has 1 aromatic carbocycles. The van der Waals surface area contributed by atoms with E-state index in [1.165, 1.54) is 6.07 Å². The third-order valence-corrected chi connectivity index (χ3v) is 4.27. The van der Waals surface area contributed by atoms with Gasteiger partial charge in [-0.05, 0) is 35.6 Å². The Morgan fingerprint density at radius 3 is 2.71 bits per heavy atom. The Labute approximate surface area is 141 Å². The summed E-state index contributed by atoms with van der Waals surface area (Å²) in [5, 5.41) is -0.279. The number of halogens is 3. The molecule has 2 rings (SSSR count). The molecular weight excluding hydrogens is 410 g/mol. The highest BCUT2D eigenvalue weighted by Gasteiger charge is 2.19. The molecule has 0 aliphatic carbocycles. The normalized spacial score (nSPS) is 14.6. The minimum absolute atomic E-state index is 0.149. The smallest absolute Gasteiger partial charge is 0.138 e. The molecule has 0 bridgehead atoms. The summed E-state index contributed by atoms with van der Waals surface area (Å²) in [5.74, 6) is 0.435. The van der Waals surface area contributed by atoms with Crippen LogP contribution in [0.3, 0.4) is 0 Å². The molecule has 2 aromatic rings. The van der Waals surface area contributed by atoms with Crippen molar-refractivity contribution in [1.82, 2.24) is 9.55 Å². The Balaban J connectivity index is 2.52. The molecule has 116 valence electrons. The van der Waals surface area contributed by atoms with Crippen molar-refractivity contribution in [2.45, 2.75) is 24.9 Å². The molecule has 0 spiro atoms. The van der Waals surface area contributed by atoms with E-state index in [0.29, 0.717) is 28.1 Å². The highest BCUT2D eigenvalue weighted by molar-refractivity contribution is 14.1. The summed E-state index contributed by atoms with van der Waals surface area (Å²) in [6.07, 6.45) is -0.149. The van der Waals surface area contributed by atoms with E-state index in [1.807, 2.05) is 34.1 Å². The maximum atomic E-state index is 13.9. The van der Waals surface area contributed by atoms with Gasteiger partial charge in [0.25, 0.3) is 0 Å². The van der Waals surface area contributed by atoms with Gasteiger partial charge in [0.05, 0.1) is 39.2 Å². The van der Waals surface area contributed by atoms with Crippen molar-refractivity contribution in [2.75, 3.05) is 20.8 Å². The molecule has 0 saturated heterocycles. The van der Waals surface area contributed by atoms with Crippen LogP contribution in [0.25, 0.3) is 11.0 Å². The lowest BCUT2D eigenvalue weighted by Crippen LogP contribution is -2.25. The zero-order chi connectivity index (χ0) is 15.6. The number of alkyl halides is 1. The third-order valence-electron chi connectivity index (χ3n) is 3.25. The van der Waals surface area contributed by atoms with E-state index < -0.39 is 0 Å². The van der Waals surface area contributed by atoms with Gasteiger partial charge in [-0.3, -0.25) is 0 Å². The van der Waals surface area contributed by atoms with Gasteiger partial charge in [0.15, 0.2) is 0 Å². The Morgan fingerprint density at radius 2 is 2.14 bits per heavy atom. The number of hydrogen-bond acceptors (Lipinski definition) is 3. The first-order chi connectivity index (χ1) is 9.97. The number of imidazole rings is 1. The van der Waals surface area contributed by atoms with Crippen LogP contribution in [-0.4, -0.2) is 36.5 Å². The van der Waals surface area contributed by atoms with Crippen molar-refractivity contribution >= 4 is 45.2 Å². The van der Waals surface area contributed by atoms with Gasteiger partial charge in [-0.15, -0.1) is 11.6 Å². The van der Waals surface area contributed by atoms with E-state index in [1.54, 1.807) is 20.3 Å². The fourth-order valence-corrected chi connectivity index (χ4v) is 2.84. The van der Waals surface area contributed by atoms with Gasteiger partial charge >= 0.3 is 0 Å². The summed E-state index contributed by atoms with van der Waals surface area (Å²) in [7, 11) is 3.24. The van der Waals surface area contributed by atoms with Gasteiger partial charge in [-0.25, -0.2) is 9.37 Å². The van der Waals surface area contributed by atoms with Crippen LogP contribution >= 0.6 is 34.2 Å². The molecule has 1 heterocycles. The topological polar surface area (TPSA) is 36.3 Å². The molecule has 2 unspecified atom stereocenters. The number of nitrogens with zero attached hydrogens (tertiary/aromatic N) is 2. The van der Waals surface area contributed by atoms with E-state index in [-0.39, 0.29) is 17.3 Å². The molecule has 0 amide bonds. The van der Waals surface area contributed by atoms with Crippen molar-refractivity contribution in [3.63, 3.8) is 0 Å². The number of ether oxygens (including phenoxy) is 2. The number of aromatic nitrogens is 2. The predicted octanol–water partition coefficient (Wildman–Crippen LogP) is 3.74. The molecule has 7 heteroatoms. The second-order valence-electron chi connectivity index (χ2n) is 4.76. The second-order valence-corrected chi connectivity index (χ2v) is 6.58. The van der Waals surface area contributed by atoms with Crippen molar-refractivity contribution in [3.05, 3.63) is 27.3 Å². The van der Waals surface area contributed by atoms with Crippen LogP contribution in [0.15, 0.2) is 12.1 Å². The Hall–Kier alpha value is -0.440. The number of methoxy groups -OCH3 is 2. The van der Waals surface area contributed by atoms with Crippen LogP contribution in [0.2, 0.25) is 0 Å². The van der Waals surface area contributed by atoms with Gasteiger partial charge in [0, 0.05) is 20.3 Å². The quantitative estimate of drug-likeness (QED) is 0.521. The lowest BCUT2D eigenvalue weighted by atomic mass is 10.3. The van der Waals surface area contributed by atoms with E-state index in [4.69, 9.17) is 21.1 Å². The monoisotopic (exact) mass is 426 g/mol.